The summed E-state index contributed by atoms with van der Waals surface area (Å²) in [5, 5.41) is 6.37. The number of hydrogen-bond acceptors (Lipinski definition) is 3. The fraction of sp³-hybridized carbons (Fsp3) is 0.333. The molecular formula is C21H24N2O2. The molecule has 130 valence electrons. The van der Waals surface area contributed by atoms with Crippen LogP contribution in [0.2, 0.25) is 0 Å². The highest BCUT2D eigenvalue weighted by atomic mass is 16.2. The molecule has 2 N–H and O–H groups in total. The molecule has 2 atom stereocenters. The fourth-order valence-corrected chi connectivity index (χ4v) is 3.34. The van der Waals surface area contributed by atoms with Crippen molar-refractivity contribution >= 4 is 17.4 Å². The minimum absolute atomic E-state index is 0.0175. The van der Waals surface area contributed by atoms with Gasteiger partial charge in [0.25, 0.3) is 0 Å². The molecule has 4 nitrogen and oxygen atoms in total. The van der Waals surface area contributed by atoms with Gasteiger partial charge in [0.15, 0.2) is 5.78 Å². The molecule has 25 heavy (non-hydrogen) atoms. The van der Waals surface area contributed by atoms with Gasteiger partial charge >= 0.3 is 0 Å². The van der Waals surface area contributed by atoms with E-state index in [0.29, 0.717) is 11.3 Å². The van der Waals surface area contributed by atoms with Gasteiger partial charge in [0.05, 0.1) is 6.04 Å². The number of carbonyl (C=O) groups is 2. The molecule has 4 heteroatoms. The van der Waals surface area contributed by atoms with E-state index in [-0.39, 0.29) is 23.8 Å². The molecule has 1 aliphatic carbocycles. The lowest BCUT2D eigenvalue weighted by molar-refractivity contribution is -0.118. The lowest BCUT2D eigenvalue weighted by Crippen LogP contribution is -2.41. The van der Waals surface area contributed by atoms with E-state index < -0.39 is 0 Å². The predicted octanol–water partition coefficient (Wildman–Crippen LogP) is 3.88. The van der Waals surface area contributed by atoms with Gasteiger partial charge in [-0.15, -0.1) is 0 Å². The van der Waals surface area contributed by atoms with Crippen molar-refractivity contribution < 1.29 is 9.59 Å². The summed E-state index contributed by atoms with van der Waals surface area (Å²) in [4.78, 5) is 23.8. The second-order valence-corrected chi connectivity index (χ2v) is 6.65. The van der Waals surface area contributed by atoms with Gasteiger partial charge in [-0.05, 0) is 68.5 Å². The lowest BCUT2D eigenvalue weighted by atomic mass is 9.87. The van der Waals surface area contributed by atoms with E-state index in [1.165, 1.54) is 18.1 Å². The average molecular weight is 336 g/mol. The van der Waals surface area contributed by atoms with Gasteiger partial charge in [0.1, 0.15) is 0 Å². The van der Waals surface area contributed by atoms with Gasteiger partial charge in [-0.25, -0.2) is 0 Å². The minimum Gasteiger partial charge on any atom is -0.325 e. The van der Waals surface area contributed by atoms with Crippen molar-refractivity contribution in [1.29, 1.82) is 0 Å². The molecule has 0 spiro atoms. The Bertz CT molecular complexity index is 768. The normalized spacial score (nSPS) is 17.4. The van der Waals surface area contributed by atoms with Crippen LogP contribution < -0.4 is 10.6 Å². The predicted molar refractivity (Wildman–Crippen MR) is 99.8 cm³/mol. The number of ketones is 1. The first-order chi connectivity index (χ1) is 12.0. The molecule has 0 saturated carbocycles. The van der Waals surface area contributed by atoms with Crippen LogP contribution >= 0.6 is 0 Å². The molecule has 0 aromatic heterocycles. The number of benzene rings is 2. The smallest absolute Gasteiger partial charge is 0.241 e. The fourth-order valence-electron chi connectivity index (χ4n) is 3.34. The number of rotatable bonds is 5. The van der Waals surface area contributed by atoms with Crippen LogP contribution in [0.1, 0.15) is 54.2 Å². The maximum atomic E-state index is 12.5. The monoisotopic (exact) mass is 336 g/mol. The van der Waals surface area contributed by atoms with Crippen LogP contribution in [0.4, 0.5) is 5.69 Å². The third kappa shape index (κ3) is 4.15. The third-order valence-corrected chi connectivity index (χ3v) is 4.77. The summed E-state index contributed by atoms with van der Waals surface area (Å²) in [6, 6.07) is 15.3. The Balaban J connectivity index is 1.62. The maximum absolute atomic E-state index is 12.5. The first-order valence-corrected chi connectivity index (χ1v) is 8.80. The number of Topliss-reactive ketones (excluding diaryl/α,β-unsaturated/α-hetero) is 1. The van der Waals surface area contributed by atoms with Gasteiger partial charge in [-0.1, -0.05) is 24.3 Å². The van der Waals surface area contributed by atoms with Gasteiger partial charge in [-0.2, -0.15) is 0 Å². The summed E-state index contributed by atoms with van der Waals surface area (Å²) < 4.78 is 0. The van der Waals surface area contributed by atoms with Crippen molar-refractivity contribution in [2.75, 3.05) is 5.32 Å². The van der Waals surface area contributed by atoms with Crippen molar-refractivity contribution in [2.24, 2.45) is 0 Å². The quantitative estimate of drug-likeness (QED) is 0.815. The second-order valence-electron chi connectivity index (χ2n) is 6.65. The SMILES string of the molecule is CC(=O)c1ccc(NC(=O)[C@@H](C)N[C@H]2CCCc3ccccc32)cc1. The highest BCUT2D eigenvalue weighted by Gasteiger charge is 2.23. The lowest BCUT2D eigenvalue weighted by Gasteiger charge is -2.29. The number of aryl methyl sites for hydroxylation is 1. The zero-order chi connectivity index (χ0) is 17.8. The van der Waals surface area contributed by atoms with Gasteiger partial charge in [0.2, 0.25) is 5.91 Å². The van der Waals surface area contributed by atoms with Crippen LogP contribution in [0, 0.1) is 0 Å². The Labute approximate surface area is 148 Å². The Morgan fingerprint density at radius 1 is 1.08 bits per heavy atom. The number of anilines is 1. The van der Waals surface area contributed by atoms with Crippen LogP contribution in [-0.4, -0.2) is 17.7 Å². The molecule has 0 unspecified atom stereocenters. The van der Waals surface area contributed by atoms with Crippen LogP contribution in [0.5, 0.6) is 0 Å². The molecule has 0 fully saturated rings. The molecule has 0 aliphatic heterocycles. The van der Waals surface area contributed by atoms with Crippen molar-refractivity contribution in [3.8, 4) is 0 Å². The van der Waals surface area contributed by atoms with Crippen molar-refractivity contribution in [3.05, 3.63) is 65.2 Å². The summed E-state index contributed by atoms with van der Waals surface area (Å²) >= 11 is 0. The first kappa shape index (κ1) is 17.4. The zero-order valence-corrected chi connectivity index (χ0v) is 14.7. The van der Waals surface area contributed by atoms with Gasteiger partial charge in [-0.3, -0.25) is 14.9 Å². The Morgan fingerprint density at radius 2 is 1.80 bits per heavy atom. The van der Waals surface area contributed by atoms with Gasteiger partial charge in [0, 0.05) is 17.3 Å². The minimum atomic E-state index is -0.302. The van der Waals surface area contributed by atoms with Crippen LogP contribution in [-0.2, 0) is 11.2 Å². The van der Waals surface area contributed by atoms with Crippen molar-refractivity contribution in [1.82, 2.24) is 5.32 Å². The number of carbonyl (C=O) groups excluding carboxylic acids is 2. The zero-order valence-electron chi connectivity index (χ0n) is 14.7. The third-order valence-electron chi connectivity index (χ3n) is 4.77. The van der Waals surface area contributed by atoms with E-state index in [1.54, 1.807) is 24.3 Å². The summed E-state index contributed by atoms with van der Waals surface area (Å²) in [7, 11) is 0. The van der Waals surface area contributed by atoms with E-state index in [9.17, 15) is 9.59 Å². The molecule has 0 heterocycles. The van der Waals surface area contributed by atoms with Crippen LogP contribution in [0.3, 0.4) is 0 Å². The molecule has 0 saturated heterocycles. The molecule has 0 radical (unpaired) electrons. The van der Waals surface area contributed by atoms with E-state index >= 15 is 0 Å². The number of nitrogens with one attached hydrogen (secondary N) is 2. The summed E-state index contributed by atoms with van der Waals surface area (Å²) in [5.74, 6) is -0.0532. The second kappa shape index (κ2) is 7.62. The molecule has 0 bridgehead atoms. The topological polar surface area (TPSA) is 58.2 Å². The Kier molecular flexibility index (Phi) is 5.29. The van der Waals surface area contributed by atoms with Crippen molar-refractivity contribution in [2.45, 2.75) is 45.2 Å². The molecular weight excluding hydrogens is 312 g/mol. The number of fused-ring (bicyclic) bond motifs is 1. The Morgan fingerprint density at radius 3 is 2.52 bits per heavy atom. The number of hydrogen-bond donors (Lipinski definition) is 2. The van der Waals surface area contributed by atoms with E-state index in [0.717, 1.165) is 19.3 Å². The summed E-state index contributed by atoms with van der Waals surface area (Å²) in [6.45, 7) is 3.41. The molecule has 3 rings (SSSR count). The first-order valence-electron chi connectivity index (χ1n) is 8.80. The van der Waals surface area contributed by atoms with E-state index in [4.69, 9.17) is 0 Å². The molecule has 1 aliphatic rings. The van der Waals surface area contributed by atoms with E-state index in [1.807, 2.05) is 6.92 Å². The molecule has 2 aromatic carbocycles. The number of amides is 1. The summed E-state index contributed by atoms with van der Waals surface area (Å²) in [5.41, 5.74) is 4.02. The van der Waals surface area contributed by atoms with Crippen LogP contribution in [0.25, 0.3) is 0 Å². The molecule has 1 amide bonds. The largest absolute Gasteiger partial charge is 0.325 e. The highest BCUT2D eigenvalue weighted by Crippen LogP contribution is 2.29. The Hall–Kier alpha value is -2.46. The maximum Gasteiger partial charge on any atom is 0.241 e. The summed E-state index contributed by atoms with van der Waals surface area (Å²) in [6.07, 6.45) is 3.29. The average Bonchev–Trinajstić information content (AvgIpc) is 2.62. The van der Waals surface area contributed by atoms with E-state index in [2.05, 4.69) is 34.9 Å². The standard InChI is InChI=1S/C21H24N2O2/c1-14(21(25)23-18-12-10-16(11-13-18)15(2)24)22-20-9-5-7-17-6-3-4-8-19(17)20/h3-4,6,8,10-14,20,22H,5,7,9H2,1-2H3,(H,23,25)/t14-,20+/m1/s1. The van der Waals surface area contributed by atoms with Gasteiger partial charge < -0.3 is 5.32 Å². The highest BCUT2D eigenvalue weighted by molar-refractivity contribution is 5.97. The molecule has 2 aromatic rings. The van der Waals surface area contributed by atoms with Crippen molar-refractivity contribution in [3.63, 3.8) is 0 Å². The van der Waals surface area contributed by atoms with Crippen LogP contribution in [0.15, 0.2) is 48.5 Å².